The van der Waals surface area contributed by atoms with Crippen LogP contribution < -0.4 is 0 Å². The van der Waals surface area contributed by atoms with Gasteiger partial charge in [-0.25, -0.2) is 4.79 Å². The second kappa shape index (κ2) is 9.70. The van der Waals surface area contributed by atoms with Gasteiger partial charge < -0.3 is 4.74 Å². The summed E-state index contributed by atoms with van der Waals surface area (Å²) in [7, 11) is 0. The first kappa shape index (κ1) is 24.7. The number of Topliss-reactive ketones (excluding diaryl/α,β-unsaturated/α-hetero) is 1. The van der Waals surface area contributed by atoms with E-state index in [-0.39, 0.29) is 35.9 Å². The first-order chi connectivity index (χ1) is 19.5. The van der Waals surface area contributed by atoms with Crippen LogP contribution in [0.25, 0.3) is 11.1 Å². The summed E-state index contributed by atoms with van der Waals surface area (Å²) in [6, 6.07) is 25.2. The number of imide groups is 1. The zero-order valence-electron chi connectivity index (χ0n) is 21.9. The second-order valence-electron chi connectivity index (χ2n) is 11.4. The number of rotatable bonds is 8. The number of carbonyl (C=O) groups excluding carboxylic acids is 4. The zero-order chi connectivity index (χ0) is 27.4. The minimum absolute atomic E-state index is 0.0651. The largest absolute Gasteiger partial charge is 0.456 e. The predicted octanol–water partition coefficient (Wildman–Crippen LogP) is 4.74. The number of likely N-dealkylation sites (tertiary alicyclic amines) is 1. The third-order valence-corrected chi connectivity index (χ3v) is 9.21. The van der Waals surface area contributed by atoms with Gasteiger partial charge in [-0.05, 0) is 46.8 Å². The van der Waals surface area contributed by atoms with Crippen LogP contribution in [0, 0.1) is 35.5 Å². The summed E-state index contributed by atoms with van der Waals surface area (Å²) in [5, 5.41) is 0. The minimum Gasteiger partial charge on any atom is -0.456 e. The highest BCUT2D eigenvalue weighted by atomic mass is 16.5. The molecule has 6 heteroatoms. The van der Waals surface area contributed by atoms with Gasteiger partial charge in [0.1, 0.15) is 6.04 Å². The molecule has 0 spiro atoms. The number of hydrogen-bond acceptors (Lipinski definition) is 5. The molecule has 2 bridgehead atoms. The number of ketones is 1. The smallest absolute Gasteiger partial charge is 0.330 e. The van der Waals surface area contributed by atoms with E-state index < -0.39 is 30.5 Å². The van der Waals surface area contributed by atoms with Crippen molar-refractivity contribution in [2.45, 2.75) is 18.9 Å². The molecule has 0 radical (unpaired) electrons. The average Bonchev–Trinajstić information content (AvgIpc) is 3.78. The van der Waals surface area contributed by atoms with Crippen LogP contribution in [0.5, 0.6) is 0 Å². The minimum atomic E-state index is -1.11. The molecule has 3 aromatic carbocycles. The molecule has 7 atom stereocenters. The predicted molar refractivity (Wildman–Crippen MR) is 148 cm³/mol. The SMILES string of the molecule is O=C(COC(=O)[C@H](Cc1ccccc1)N1C(=O)[C@@H]2[C@@H]3C=C[C@H]([C@H]4C[C@H]34)[C@@H]2C1=O)c1ccc(-c2ccccc2)cc1. The standard InChI is InChI=1S/C34H29NO5/c36-29(23-13-11-22(12-14-23)21-9-5-2-6-10-21)19-40-34(39)28(17-20-7-3-1-4-8-20)35-32(37)30-24-15-16-25(27-18-26(24)27)31(30)33(35)38/h1-16,24-28,30-31H,17-19H2/t24-,25-,26-,27-,28+,30-,31+/m1/s1. The van der Waals surface area contributed by atoms with Crippen LogP contribution in [-0.2, 0) is 25.5 Å². The van der Waals surface area contributed by atoms with Gasteiger partial charge in [0.2, 0.25) is 11.8 Å². The van der Waals surface area contributed by atoms with E-state index >= 15 is 0 Å². The Balaban J connectivity index is 1.09. The number of ether oxygens (including phenoxy) is 1. The molecule has 8 rings (SSSR count). The van der Waals surface area contributed by atoms with Crippen LogP contribution in [0.1, 0.15) is 22.3 Å². The molecule has 2 saturated carbocycles. The molecule has 1 saturated heterocycles. The highest BCUT2D eigenvalue weighted by molar-refractivity contribution is 6.09. The highest BCUT2D eigenvalue weighted by Gasteiger charge is 2.68. The lowest BCUT2D eigenvalue weighted by Crippen LogP contribution is -2.48. The van der Waals surface area contributed by atoms with Crippen LogP contribution in [0.15, 0.2) is 97.1 Å². The Bertz CT molecular complexity index is 1480. The fourth-order valence-corrected chi connectivity index (χ4v) is 7.20. The lowest BCUT2D eigenvalue weighted by molar-refractivity contribution is -0.158. The molecule has 0 N–H and O–H groups in total. The summed E-state index contributed by atoms with van der Waals surface area (Å²) in [6.07, 6.45) is 5.44. The quantitative estimate of drug-likeness (QED) is 0.182. The van der Waals surface area contributed by atoms with E-state index in [9.17, 15) is 19.2 Å². The zero-order valence-corrected chi connectivity index (χ0v) is 21.9. The Hall–Kier alpha value is -4.32. The Labute approximate surface area is 232 Å². The molecule has 0 unspecified atom stereocenters. The summed E-state index contributed by atoms with van der Waals surface area (Å²) >= 11 is 0. The lowest BCUT2D eigenvalue weighted by atomic mass is 9.63. The van der Waals surface area contributed by atoms with Crippen molar-refractivity contribution in [3.8, 4) is 11.1 Å². The third kappa shape index (κ3) is 4.10. The monoisotopic (exact) mass is 531 g/mol. The lowest BCUT2D eigenvalue weighted by Gasteiger charge is -2.37. The summed E-state index contributed by atoms with van der Waals surface area (Å²) < 4.78 is 5.52. The van der Waals surface area contributed by atoms with Gasteiger partial charge in [-0.1, -0.05) is 97.1 Å². The summed E-state index contributed by atoms with van der Waals surface area (Å²) in [5.74, 6) is -1.36. The Kier molecular flexibility index (Phi) is 5.99. The van der Waals surface area contributed by atoms with Crippen molar-refractivity contribution in [2.75, 3.05) is 6.61 Å². The van der Waals surface area contributed by atoms with Crippen LogP contribution in [0.2, 0.25) is 0 Å². The molecule has 1 heterocycles. The van der Waals surface area contributed by atoms with Gasteiger partial charge in [0.25, 0.3) is 0 Å². The number of carbonyl (C=O) groups is 4. The van der Waals surface area contributed by atoms with Crippen molar-refractivity contribution < 1.29 is 23.9 Å². The van der Waals surface area contributed by atoms with E-state index in [2.05, 4.69) is 12.2 Å². The summed E-state index contributed by atoms with van der Waals surface area (Å²) in [4.78, 5) is 55.1. The fourth-order valence-electron chi connectivity index (χ4n) is 7.20. The second-order valence-corrected chi connectivity index (χ2v) is 11.4. The Morgan fingerprint density at radius 3 is 1.90 bits per heavy atom. The number of benzene rings is 3. The Morgan fingerprint density at radius 2 is 1.30 bits per heavy atom. The summed E-state index contributed by atoms with van der Waals surface area (Å²) in [6.45, 7) is -0.463. The van der Waals surface area contributed by atoms with Gasteiger partial charge in [0.15, 0.2) is 12.4 Å². The number of esters is 1. The molecular formula is C34H29NO5. The van der Waals surface area contributed by atoms with E-state index in [0.29, 0.717) is 17.4 Å². The van der Waals surface area contributed by atoms with Crippen LogP contribution in [0.4, 0.5) is 0 Å². The molecule has 3 aromatic rings. The molecule has 2 amide bonds. The molecule has 0 aromatic heterocycles. The van der Waals surface area contributed by atoms with Crippen molar-refractivity contribution in [2.24, 2.45) is 35.5 Å². The average molecular weight is 532 g/mol. The molecule has 3 fully saturated rings. The normalized spacial score (nSPS) is 28.1. The van der Waals surface area contributed by atoms with Gasteiger partial charge in [0.05, 0.1) is 11.8 Å². The van der Waals surface area contributed by atoms with Gasteiger partial charge in [-0.3, -0.25) is 19.3 Å². The topological polar surface area (TPSA) is 80.8 Å². The van der Waals surface area contributed by atoms with Crippen molar-refractivity contribution in [3.05, 3.63) is 108 Å². The fraction of sp³-hybridized carbons (Fsp3) is 0.294. The highest BCUT2D eigenvalue weighted by Crippen LogP contribution is 2.65. The molecule has 40 heavy (non-hydrogen) atoms. The van der Waals surface area contributed by atoms with Crippen molar-refractivity contribution in [3.63, 3.8) is 0 Å². The molecule has 5 aliphatic rings. The molecule has 1 aliphatic heterocycles. The first-order valence-corrected chi connectivity index (χ1v) is 14.0. The molecule has 6 nitrogen and oxygen atoms in total. The van der Waals surface area contributed by atoms with E-state index in [1.807, 2.05) is 72.8 Å². The van der Waals surface area contributed by atoms with Crippen LogP contribution >= 0.6 is 0 Å². The van der Waals surface area contributed by atoms with Gasteiger partial charge in [0, 0.05) is 12.0 Å². The number of nitrogens with zero attached hydrogens (tertiary/aromatic N) is 1. The maximum atomic E-state index is 13.7. The van der Waals surface area contributed by atoms with Crippen molar-refractivity contribution >= 4 is 23.6 Å². The maximum absolute atomic E-state index is 13.7. The van der Waals surface area contributed by atoms with Crippen molar-refractivity contribution in [1.82, 2.24) is 4.90 Å². The van der Waals surface area contributed by atoms with E-state index in [1.165, 1.54) is 4.90 Å². The molecule has 200 valence electrons. The number of hydrogen-bond donors (Lipinski definition) is 0. The number of allylic oxidation sites excluding steroid dienone is 2. The van der Waals surface area contributed by atoms with E-state index in [1.54, 1.807) is 12.1 Å². The Morgan fingerprint density at radius 1 is 0.750 bits per heavy atom. The van der Waals surface area contributed by atoms with E-state index in [4.69, 9.17) is 4.74 Å². The maximum Gasteiger partial charge on any atom is 0.330 e. The first-order valence-electron chi connectivity index (χ1n) is 14.0. The van der Waals surface area contributed by atoms with Crippen molar-refractivity contribution in [1.29, 1.82) is 0 Å². The van der Waals surface area contributed by atoms with Gasteiger partial charge >= 0.3 is 5.97 Å². The molecule has 4 aliphatic carbocycles. The molecular weight excluding hydrogens is 502 g/mol. The van der Waals surface area contributed by atoms with Gasteiger partial charge in [-0.15, -0.1) is 0 Å². The third-order valence-electron chi connectivity index (χ3n) is 9.21. The van der Waals surface area contributed by atoms with Gasteiger partial charge in [-0.2, -0.15) is 0 Å². The number of amides is 2. The summed E-state index contributed by atoms with van der Waals surface area (Å²) in [5.41, 5.74) is 3.25. The van der Waals surface area contributed by atoms with E-state index in [0.717, 1.165) is 23.1 Å². The van der Waals surface area contributed by atoms with Crippen LogP contribution in [0.3, 0.4) is 0 Å². The van der Waals surface area contributed by atoms with Crippen LogP contribution in [-0.4, -0.2) is 41.1 Å².